The summed E-state index contributed by atoms with van der Waals surface area (Å²) in [6.45, 7) is 4.34. The third-order valence-electron chi connectivity index (χ3n) is 3.62. The van der Waals surface area contributed by atoms with Crippen LogP contribution in [0.4, 0.5) is 0 Å². The van der Waals surface area contributed by atoms with Gasteiger partial charge in [0.1, 0.15) is 15.8 Å². The summed E-state index contributed by atoms with van der Waals surface area (Å²) in [5, 5.41) is 13.4. The van der Waals surface area contributed by atoms with Crippen molar-refractivity contribution in [3.05, 3.63) is 22.4 Å². The van der Waals surface area contributed by atoms with Crippen molar-refractivity contribution >= 4 is 33.2 Å². The number of thiophene rings is 1. The third-order valence-corrected chi connectivity index (χ3v) is 4.72. The highest BCUT2D eigenvalue weighted by molar-refractivity contribution is 7.16. The Morgan fingerprint density at radius 3 is 2.89 bits per heavy atom. The lowest BCUT2D eigenvalue weighted by Gasteiger charge is -2.35. The molecule has 3 heterocycles. The van der Waals surface area contributed by atoms with E-state index in [1.54, 1.807) is 11.3 Å². The zero-order valence-corrected chi connectivity index (χ0v) is 12.3. The number of likely N-dealkylation sites (tertiary alicyclic amines) is 1. The molecule has 1 fully saturated rings. The minimum Gasteiger partial charge on any atom is -0.390 e. The molecule has 0 spiro atoms. The van der Waals surface area contributed by atoms with E-state index in [2.05, 4.69) is 14.9 Å². The number of piperidine rings is 1. The molecule has 102 valence electrons. The first kappa shape index (κ1) is 13.2. The number of rotatable bonds is 2. The number of hydrogen-bond acceptors (Lipinski definition) is 5. The van der Waals surface area contributed by atoms with E-state index in [0.717, 1.165) is 42.0 Å². The number of aromatic nitrogens is 2. The van der Waals surface area contributed by atoms with Crippen LogP contribution in [0.1, 0.15) is 25.6 Å². The van der Waals surface area contributed by atoms with E-state index >= 15 is 0 Å². The summed E-state index contributed by atoms with van der Waals surface area (Å²) in [6.07, 6.45) is 1.59. The molecule has 4 nitrogen and oxygen atoms in total. The topological polar surface area (TPSA) is 49.2 Å². The minimum absolute atomic E-state index is 0.521. The largest absolute Gasteiger partial charge is 0.390 e. The van der Waals surface area contributed by atoms with E-state index < -0.39 is 5.60 Å². The second-order valence-electron chi connectivity index (χ2n) is 5.34. The van der Waals surface area contributed by atoms with Crippen LogP contribution < -0.4 is 0 Å². The van der Waals surface area contributed by atoms with Gasteiger partial charge in [-0.2, -0.15) is 0 Å². The van der Waals surface area contributed by atoms with Crippen molar-refractivity contribution in [1.29, 1.82) is 0 Å². The first-order valence-corrected chi connectivity index (χ1v) is 7.64. The average Bonchev–Trinajstić information content (AvgIpc) is 2.81. The molecule has 2 aromatic rings. The molecule has 1 saturated heterocycles. The number of nitrogens with zero attached hydrogens (tertiary/aromatic N) is 3. The summed E-state index contributed by atoms with van der Waals surface area (Å²) >= 11 is 7.75. The Hall–Kier alpha value is -0.750. The Morgan fingerprint density at radius 2 is 2.16 bits per heavy atom. The van der Waals surface area contributed by atoms with Gasteiger partial charge in [-0.25, -0.2) is 9.97 Å². The summed E-state index contributed by atoms with van der Waals surface area (Å²) in [4.78, 5) is 12.1. The fraction of sp³-hybridized carbons (Fsp3) is 0.538. The standard InChI is InChI=1S/C13H16ClN3OS/c1-13(18)3-5-17(6-4-13)8-10-15-11(14)9-2-7-19-12(9)16-10/h2,7,18H,3-6,8H2,1H3. The van der Waals surface area contributed by atoms with Crippen LogP contribution in [0.5, 0.6) is 0 Å². The van der Waals surface area contributed by atoms with Crippen LogP contribution in [-0.4, -0.2) is 38.7 Å². The second-order valence-corrected chi connectivity index (χ2v) is 6.60. The van der Waals surface area contributed by atoms with Crippen LogP contribution in [0.15, 0.2) is 11.4 Å². The van der Waals surface area contributed by atoms with Gasteiger partial charge in [-0.15, -0.1) is 11.3 Å². The molecule has 2 aromatic heterocycles. The molecule has 6 heteroatoms. The van der Waals surface area contributed by atoms with Crippen LogP contribution >= 0.6 is 22.9 Å². The van der Waals surface area contributed by atoms with Gasteiger partial charge in [0.25, 0.3) is 0 Å². The third kappa shape index (κ3) is 2.89. The molecule has 0 unspecified atom stereocenters. The highest BCUT2D eigenvalue weighted by Gasteiger charge is 2.27. The van der Waals surface area contributed by atoms with E-state index in [1.807, 2.05) is 18.4 Å². The van der Waals surface area contributed by atoms with E-state index in [1.165, 1.54) is 0 Å². The van der Waals surface area contributed by atoms with Crippen LogP contribution in [0.25, 0.3) is 10.2 Å². The molecule has 1 aliphatic rings. The summed E-state index contributed by atoms with van der Waals surface area (Å²) < 4.78 is 0. The van der Waals surface area contributed by atoms with Crippen LogP contribution in [0.2, 0.25) is 5.15 Å². The van der Waals surface area contributed by atoms with Crippen molar-refractivity contribution in [2.24, 2.45) is 0 Å². The fourth-order valence-electron chi connectivity index (χ4n) is 2.32. The normalized spacial score (nSPS) is 19.9. The van der Waals surface area contributed by atoms with E-state index in [9.17, 15) is 5.11 Å². The Bertz CT molecular complexity index is 589. The van der Waals surface area contributed by atoms with Crippen molar-refractivity contribution in [3.63, 3.8) is 0 Å². The van der Waals surface area contributed by atoms with Gasteiger partial charge < -0.3 is 5.11 Å². The van der Waals surface area contributed by atoms with Crippen molar-refractivity contribution < 1.29 is 5.11 Å². The molecule has 0 aromatic carbocycles. The van der Waals surface area contributed by atoms with Crippen LogP contribution in [-0.2, 0) is 6.54 Å². The zero-order chi connectivity index (χ0) is 13.5. The van der Waals surface area contributed by atoms with E-state index in [4.69, 9.17) is 11.6 Å². The van der Waals surface area contributed by atoms with Crippen molar-refractivity contribution in [2.45, 2.75) is 31.9 Å². The quantitative estimate of drug-likeness (QED) is 0.866. The molecule has 3 rings (SSSR count). The van der Waals surface area contributed by atoms with Gasteiger partial charge in [-0.05, 0) is 31.2 Å². The van der Waals surface area contributed by atoms with Crippen molar-refractivity contribution in [1.82, 2.24) is 14.9 Å². The summed E-state index contributed by atoms with van der Waals surface area (Å²) in [7, 11) is 0. The number of halogens is 1. The predicted octanol–water partition coefficient (Wildman–Crippen LogP) is 2.69. The van der Waals surface area contributed by atoms with Crippen molar-refractivity contribution in [3.8, 4) is 0 Å². The first-order chi connectivity index (χ1) is 9.03. The number of aliphatic hydroxyl groups is 1. The molecule has 0 aliphatic carbocycles. The highest BCUT2D eigenvalue weighted by Crippen LogP contribution is 2.26. The van der Waals surface area contributed by atoms with E-state index in [0.29, 0.717) is 11.7 Å². The number of fused-ring (bicyclic) bond motifs is 1. The number of hydrogen-bond donors (Lipinski definition) is 1. The maximum absolute atomic E-state index is 9.94. The van der Waals surface area contributed by atoms with Gasteiger partial charge in [0.15, 0.2) is 0 Å². The molecular weight excluding hydrogens is 282 g/mol. The van der Waals surface area contributed by atoms with E-state index in [-0.39, 0.29) is 0 Å². The smallest absolute Gasteiger partial charge is 0.145 e. The lowest BCUT2D eigenvalue weighted by Crippen LogP contribution is -2.42. The Kier molecular flexibility index (Phi) is 3.47. The zero-order valence-electron chi connectivity index (χ0n) is 10.8. The Labute approximate surface area is 121 Å². The lowest BCUT2D eigenvalue weighted by molar-refractivity contribution is -0.00785. The average molecular weight is 298 g/mol. The predicted molar refractivity (Wildman–Crippen MR) is 77.6 cm³/mol. The molecule has 0 bridgehead atoms. The van der Waals surface area contributed by atoms with Crippen LogP contribution in [0.3, 0.4) is 0 Å². The van der Waals surface area contributed by atoms with Crippen LogP contribution in [0, 0.1) is 0 Å². The van der Waals surface area contributed by atoms with Gasteiger partial charge in [0, 0.05) is 18.5 Å². The summed E-state index contributed by atoms with van der Waals surface area (Å²) in [5.41, 5.74) is -0.521. The highest BCUT2D eigenvalue weighted by atomic mass is 35.5. The van der Waals surface area contributed by atoms with Gasteiger partial charge in [-0.1, -0.05) is 11.6 Å². The first-order valence-electron chi connectivity index (χ1n) is 6.38. The summed E-state index contributed by atoms with van der Waals surface area (Å²) in [5.74, 6) is 0.765. The van der Waals surface area contributed by atoms with Crippen molar-refractivity contribution in [2.75, 3.05) is 13.1 Å². The Morgan fingerprint density at radius 1 is 1.42 bits per heavy atom. The molecule has 0 amide bonds. The molecule has 1 aliphatic heterocycles. The van der Waals surface area contributed by atoms with Gasteiger partial charge in [0.2, 0.25) is 0 Å². The fourth-order valence-corrected chi connectivity index (χ4v) is 3.41. The SMILES string of the molecule is CC1(O)CCN(Cc2nc(Cl)c3ccsc3n2)CC1. The molecule has 0 atom stereocenters. The maximum Gasteiger partial charge on any atom is 0.145 e. The molecule has 0 saturated carbocycles. The van der Waals surface area contributed by atoms with Gasteiger partial charge in [0.05, 0.1) is 12.1 Å². The van der Waals surface area contributed by atoms with Gasteiger partial charge in [-0.3, -0.25) is 4.90 Å². The monoisotopic (exact) mass is 297 g/mol. The van der Waals surface area contributed by atoms with Gasteiger partial charge >= 0.3 is 0 Å². The Balaban J connectivity index is 1.75. The molecular formula is C13H16ClN3OS. The summed E-state index contributed by atoms with van der Waals surface area (Å²) in [6, 6.07) is 1.95. The second kappa shape index (κ2) is 4.98. The molecule has 1 N–H and O–H groups in total. The molecule has 19 heavy (non-hydrogen) atoms. The lowest BCUT2D eigenvalue weighted by atomic mass is 9.94. The minimum atomic E-state index is -0.521. The maximum atomic E-state index is 9.94. The molecule has 0 radical (unpaired) electrons.